The smallest absolute Gasteiger partial charge is 0.261 e. The van der Waals surface area contributed by atoms with Crippen LogP contribution in [0.25, 0.3) is 0 Å². The van der Waals surface area contributed by atoms with Crippen LogP contribution in [-0.4, -0.2) is 20.1 Å². The van der Waals surface area contributed by atoms with Gasteiger partial charge in [-0.05, 0) is 66.2 Å². The Labute approximate surface area is 193 Å². The van der Waals surface area contributed by atoms with E-state index in [0.29, 0.717) is 22.2 Å². The van der Waals surface area contributed by atoms with Crippen LogP contribution in [0, 0.1) is 0 Å². The minimum Gasteiger partial charge on any atom is -0.325 e. The van der Waals surface area contributed by atoms with E-state index in [9.17, 15) is 13.2 Å². The maximum Gasteiger partial charge on any atom is 0.261 e. The molecule has 30 heavy (non-hydrogen) atoms. The van der Waals surface area contributed by atoms with E-state index in [1.165, 1.54) is 23.9 Å². The monoisotopic (exact) mass is 524 g/mol. The Morgan fingerprint density at radius 3 is 2.13 bits per heavy atom. The summed E-state index contributed by atoms with van der Waals surface area (Å²) in [6.45, 7) is 0. The first-order chi connectivity index (χ1) is 14.3. The number of nitrogens with one attached hydrogen (secondary N) is 2. The lowest BCUT2D eigenvalue weighted by Gasteiger charge is -2.10. The maximum absolute atomic E-state index is 12.5. The molecule has 3 rings (SSSR count). The Bertz CT molecular complexity index is 1100. The second-order valence-electron chi connectivity index (χ2n) is 6.30. The van der Waals surface area contributed by atoms with Crippen molar-refractivity contribution in [2.24, 2.45) is 0 Å². The normalized spacial score (nSPS) is 11.1. The zero-order valence-corrected chi connectivity index (χ0v) is 19.6. The summed E-state index contributed by atoms with van der Waals surface area (Å²) in [5, 5.41) is 3.30. The molecule has 0 aliphatic heterocycles. The maximum atomic E-state index is 12.5. The van der Waals surface area contributed by atoms with E-state index < -0.39 is 10.0 Å². The number of benzene rings is 3. The van der Waals surface area contributed by atoms with Crippen molar-refractivity contribution < 1.29 is 13.2 Å². The van der Waals surface area contributed by atoms with Crippen LogP contribution in [0.1, 0.15) is 5.56 Å². The summed E-state index contributed by atoms with van der Waals surface area (Å²) in [5.74, 6) is 0.884. The Morgan fingerprint density at radius 2 is 1.50 bits per heavy atom. The lowest BCUT2D eigenvalue weighted by molar-refractivity contribution is -0.113. The molecule has 2 N–H and O–H groups in total. The third kappa shape index (κ3) is 6.77. The lowest BCUT2D eigenvalue weighted by atomic mass is 10.2. The molecule has 0 bridgehead atoms. The second kappa shape index (κ2) is 10.3. The standard InChI is InChI=1S/C21H18BrClN2O3S2/c22-16-3-1-15(2-4-16)13-29-14-21(26)24-18-9-11-20(12-10-18)30(27,28)25-19-7-5-17(23)6-8-19/h1-12,25H,13-14H2,(H,24,26). The van der Waals surface area contributed by atoms with Crippen LogP contribution >= 0.6 is 39.3 Å². The Kier molecular flexibility index (Phi) is 7.82. The van der Waals surface area contributed by atoms with E-state index in [4.69, 9.17) is 11.6 Å². The highest BCUT2D eigenvalue weighted by atomic mass is 79.9. The van der Waals surface area contributed by atoms with E-state index >= 15 is 0 Å². The fourth-order valence-corrected chi connectivity index (χ4v) is 4.73. The summed E-state index contributed by atoms with van der Waals surface area (Å²) in [7, 11) is -3.73. The average molecular weight is 526 g/mol. The van der Waals surface area contributed by atoms with Gasteiger partial charge in [-0.3, -0.25) is 9.52 Å². The zero-order valence-electron chi connectivity index (χ0n) is 15.6. The molecule has 0 saturated carbocycles. The minimum atomic E-state index is -3.73. The molecule has 0 aliphatic carbocycles. The summed E-state index contributed by atoms with van der Waals surface area (Å²) in [5.41, 5.74) is 2.09. The van der Waals surface area contributed by atoms with Gasteiger partial charge < -0.3 is 5.32 Å². The molecule has 156 valence electrons. The summed E-state index contributed by atoms with van der Waals surface area (Å²) in [4.78, 5) is 12.2. The van der Waals surface area contributed by atoms with E-state index in [1.54, 1.807) is 36.4 Å². The number of hydrogen-bond donors (Lipinski definition) is 2. The van der Waals surface area contributed by atoms with Gasteiger partial charge in [0.05, 0.1) is 10.6 Å². The van der Waals surface area contributed by atoms with E-state index in [2.05, 4.69) is 26.0 Å². The molecule has 0 spiro atoms. The Hall–Kier alpha value is -2.00. The summed E-state index contributed by atoms with van der Waals surface area (Å²) in [6.07, 6.45) is 0. The van der Waals surface area contributed by atoms with Gasteiger partial charge in [-0.25, -0.2) is 8.42 Å². The number of hydrogen-bond acceptors (Lipinski definition) is 4. The SMILES string of the molecule is O=C(CSCc1ccc(Br)cc1)Nc1ccc(S(=O)(=O)Nc2ccc(Cl)cc2)cc1. The fourth-order valence-electron chi connectivity index (χ4n) is 2.49. The predicted molar refractivity (Wildman–Crippen MR) is 128 cm³/mol. The van der Waals surface area contributed by atoms with Gasteiger partial charge in [-0.1, -0.05) is 39.7 Å². The molecule has 0 atom stereocenters. The first-order valence-electron chi connectivity index (χ1n) is 8.82. The van der Waals surface area contributed by atoms with Crippen molar-refractivity contribution in [1.29, 1.82) is 0 Å². The molecule has 0 aliphatic rings. The number of amides is 1. The molecular weight excluding hydrogens is 508 g/mol. The lowest BCUT2D eigenvalue weighted by Crippen LogP contribution is -2.15. The predicted octanol–water partition coefficient (Wildman–Crippen LogP) is 5.78. The van der Waals surface area contributed by atoms with Crippen LogP contribution in [0.2, 0.25) is 5.02 Å². The van der Waals surface area contributed by atoms with Crippen LogP contribution in [0.15, 0.2) is 82.2 Å². The molecular formula is C21H18BrClN2O3S2. The molecule has 0 fully saturated rings. The van der Waals surface area contributed by atoms with E-state index in [0.717, 1.165) is 15.8 Å². The van der Waals surface area contributed by atoms with Crippen LogP contribution in [0.3, 0.4) is 0 Å². The number of carbonyl (C=O) groups is 1. The van der Waals surface area contributed by atoms with Crippen LogP contribution < -0.4 is 10.0 Å². The first-order valence-corrected chi connectivity index (χ1v) is 12.6. The number of rotatable bonds is 8. The van der Waals surface area contributed by atoms with E-state index in [1.807, 2.05) is 24.3 Å². The summed E-state index contributed by atoms with van der Waals surface area (Å²) in [6, 6.07) is 20.3. The molecule has 5 nitrogen and oxygen atoms in total. The highest BCUT2D eigenvalue weighted by Crippen LogP contribution is 2.20. The third-order valence-electron chi connectivity index (χ3n) is 3.96. The largest absolute Gasteiger partial charge is 0.325 e. The van der Waals surface area contributed by atoms with Gasteiger partial charge in [0.2, 0.25) is 5.91 Å². The average Bonchev–Trinajstić information content (AvgIpc) is 2.71. The molecule has 1 amide bonds. The molecule has 3 aromatic carbocycles. The summed E-state index contributed by atoms with van der Waals surface area (Å²) >= 11 is 10.7. The molecule has 0 aromatic heterocycles. The van der Waals surface area contributed by atoms with Gasteiger partial charge in [0.15, 0.2) is 0 Å². The highest BCUT2D eigenvalue weighted by Gasteiger charge is 2.14. The van der Waals surface area contributed by atoms with Crippen molar-refractivity contribution in [2.45, 2.75) is 10.6 Å². The van der Waals surface area contributed by atoms with Gasteiger partial charge in [-0.15, -0.1) is 11.8 Å². The molecule has 3 aromatic rings. The van der Waals surface area contributed by atoms with Crippen LogP contribution in [-0.2, 0) is 20.6 Å². The van der Waals surface area contributed by atoms with Crippen LogP contribution in [0.5, 0.6) is 0 Å². The fraction of sp³-hybridized carbons (Fsp3) is 0.0952. The number of anilines is 2. The second-order valence-corrected chi connectivity index (χ2v) is 10.3. The van der Waals surface area contributed by atoms with Crippen molar-refractivity contribution in [2.75, 3.05) is 15.8 Å². The van der Waals surface area contributed by atoms with Crippen molar-refractivity contribution in [3.63, 3.8) is 0 Å². The molecule has 9 heteroatoms. The Balaban J connectivity index is 1.52. The topological polar surface area (TPSA) is 75.3 Å². The molecule has 0 unspecified atom stereocenters. The minimum absolute atomic E-state index is 0.0973. The quantitative estimate of drug-likeness (QED) is 0.391. The first kappa shape index (κ1) is 22.7. The van der Waals surface area contributed by atoms with Crippen molar-refractivity contribution in [3.8, 4) is 0 Å². The van der Waals surface area contributed by atoms with Gasteiger partial charge in [0.25, 0.3) is 10.0 Å². The van der Waals surface area contributed by atoms with Crippen molar-refractivity contribution >= 4 is 66.6 Å². The van der Waals surface area contributed by atoms with Gasteiger partial charge in [-0.2, -0.15) is 0 Å². The zero-order chi connectivity index (χ0) is 21.6. The van der Waals surface area contributed by atoms with Gasteiger partial charge >= 0.3 is 0 Å². The molecule has 0 radical (unpaired) electrons. The summed E-state index contributed by atoms with van der Waals surface area (Å²) < 4.78 is 28.5. The Morgan fingerprint density at radius 1 is 0.900 bits per heavy atom. The van der Waals surface area contributed by atoms with Crippen molar-refractivity contribution in [1.82, 2.24) is 0 Å². The van der Waals surface area contributed by atoms with Crippen LogP contribution in [0.4, 0.5) is 11.4 Å². The number of thioether (sulfide) groups is 1. The third-order valence-corrected chi connectivity index (χ3v) is 7.14. The number of sulfonamides is 1. The van der Waals surface area contributed by atoms with E-state index in [-0.39, 0.29) is 10.8 Å². The molecule has 0 saturated heterocycles. The number of carbonyl (C=O) groups excluding carboxylic acids is 1. The van der Waals surface area contributed by atoms with Crippen molar-refractivity contribution in [3.05, 3.63) is 87.9 Å². The highest BCUT2D eigenvalue weighted by molar-refractivity contribution is 9.10. The molecule has 0 heterocycles. The van der Waals surface area contributed by atoms with Gasteiger partial charge in [0, 0.05) is 26.6 Å². The number of halogens is 2. The van der Waals surface area contributed by atoms with Gasteiger partial charge in [0.1, 0.15) is 0 Å².